The predicted octanol–water partition coefficient (Wildman–Crippen LogP) is 1.28. The van der Waals surface area contributed by atoms with Crippen molar-refractivity contribution in [2.45, 2.75) is 13.0 Å². The molecular formula is C15H22N2O3. The van der Waals surface area contributed by atoms with Gasteiger partial charge in [-0.3, -0.25) is 4.79 Å². The van der Waals surface area contributed by atoms with Crippen LogP contribution < -0.4 is 15.0 Å². The normalized spacial score (nSPS) is 21.8. The first-order valence-electron chi connectivity index (χ1n) is 6.90. The van der Waals surface area contributed by atoms with Crippen molar-refractivity contribution in [1.29, 1.82) is 0 Å². The van der Waals surface area contributed by atoms with Gasteiger partial charge in [0.2, 0.25) is 5.91 Å². The molecule has 0 aromatic heterocycles. The van der Waals surface area contributed by atoms with E-state index in [1.807, 2.05) is 31.2 Å². The van der Waals surface area contributed by atoms with Gasteiger partial charge in [0.25, 0.3) is 0 Å². The number of nitrogens with zero attached hydrogens (tertiary/aromatic N) is 1. The van der Waals surface area contributed by atoms with Crippen LogP contribution in [0.4, 0.5) is 5.69 Å². The SMILES string of the molecule is CCNC1COCC1C(=O)N(C)c1cccc(OC)c1. The summed E-state index contributed by atoms with van der Waals surface area (Å²) in [6.07, 6.45) is 0. The summed E-state index contributed by atoms with van der Waals surface area (Å²) < 4.78 is 10.6. The van der Waals surface area contributed by atoms with Gasteiger partial charge in [0.15, 0.2) is 0 Å². The minimum absolute atomic E-state index is 0.0710. The molecule has 0 bridgehead atoms. The molecular weight excluding hydrogens is 256 g/mol. The van der Waals surface area contributed by atoms with Gasteiger partial charge >= 0.3 is 0 Å². The summed E-state index contributed by atoms with van der Waals surface area (Å²) in [5.41, 5.74) is 0.830. The monoisotopic (exact) mass is 278 g/mol. The Morgan fingerprint density at radius 3 is 3.00 bits per heavy atom. The topological polar surface area (TPSA) is 50.8 Å². The Morgan fingerprint density at radius 1 is 1.50 bits per heavy atom. The van der Waals surface area contributed by atoms with Gasteiger partial charge in [0.1, 0.15) is 5.75 Å². The van der Waals surface area contributed by atoms with Crippen molar-refractivity contribution in [1.82, 2.24) is 5.32 Å². The molecule has 1 heterocycles. The molecule has 1 aliphatic heterocycles. The smallest absolute Gasteiger partial charge is 0.233 e. The van der Waals surface area contributed by atoms with Gasteiger partial charge in [-0.1, -0.05) is 13.0 Å². The van der Waals surface area contributed by atoms with Crippen molar-refractivity contribution < 1.29 is 14.3 Å². The maximum atomic E-state index is 12.6. The lowest BCUT2D eigenvalue weighted by atomic mass is 10.0. The lowest BCUT2D eigenvalue weighted by Crippen LogP contribution is -2.44. The van der Waals surface area contributed by atoms with E-state index in [1.54, 1.807) is 19.1 Å². The van der Waals surface area contributed by atoms with Gasteiger partial charge in [-0.05, 0) is 18.7 Å². The maximum Gasteiger partial charge on any atom is 0.233 e. The van der Waals surface area contributed by atoms with Crippen LogP contribution in [0.2, 0.25) is 0 Å². The highest BCUT2D eigenvalue weighted by molar-refractivity contribution is 5.95. The van der Waals surface area contributed by atoms with Gasteiger partial charge in [-0.25, -0.2) is 0 Å². The lowest BCUT2D eigenvalue weighted by molar-refractivity contribution is -0.122. The number of methoxy groups -OCH3 is 1. The van der Waals surface area contributed by atoms with Crippen LogP contribution >= 0.6 is 0 Å². The van der Waals surface area contributed by atoms with E-state index < -0.39 is 0 Å². The Morgan fingerprint density at radius 2 is 2.30 bits per heavy atom. The second-order valence-corrected chi connectivity index (χ2v) is 4.91. The van der Waals surface area contributed by atoms with Crippen LogP contribution in [0.3, 0.4) is 0 Å². The fraction of sp³-hybridized carbons (Fsp3) is 0.533. The third-order valence-electron chi connectivity index (χ3n) is 3.64. The lowest BCUT2D eigenvalue weighted by Gasteiger charge is -2.24. The molecule has 1 N–H and O–H groups in total. The van der Waals surface area contributed by atoms with Gasteiger partial charge in [0.05, 0.1) is 26.2 Å². The van der Waals surface area contributed by atoms with Crippen molar-refractivity contribution in [2.75, 3.05) is 38.8 Å². The molecule has 1 amide bonds. The zero-order valence-electron chi connectivity index (χ0n) is 12.3. The Labute approximate surface area is 119 Å². The summed E-state index contributed by atoms with van der Waals surface area (Å²) >= 11 is 0. The predicted molar refractivity (Wildman–Crippen MR) is 78.2 cm³/mol. The van der Waals surface area contributed by atoms with E-state index in [9.17, 15) is 4.79 Å². The third-order valence-corrected chi connectivity index (χ3v) is 3.64. The number of likely N-dealkylation sites (N-methyl/N-ethyl adjacent to an activating group) is 1. The standard InChI is InChI=1S/C15H22N2O3/c1-4-16-14-10-20-9-13(14)15(18)17(2)11-6-5-7-12(8-11)19-3/h5-8,13-14,16H,4,9-10H2,1-3H3. The van der Waals surface area contributed by atoms with E-state index in [4.69, 9.17) is 9.47 Å². The summed E-state index contributed by atoms with van der Waals surface area (Å²) in [6, 6.07) is 7.60. The maximum absolute atomic E-state index is 12.6. The number of rotatable bonds is 5. The van der Waals surface area contributed by atoms with E-state index in [1.165, 1.54) is 0 Å². The average Bonchev–Trinajstić information content (AvgIpc) is 2.94. The Hall–Kier alpha value is -1.59. The van der Waals surface area contributed by atoms with E-state index in [2.05, 4.69) is 5.32 Å². The number of hydrogen-bond acceptors (Lipinski definition) is 4. The number of hydrogen-bond donors (Lipinski definition) is 1. The first kappa shape index (κ1) is 14.8. The number of ether oxygens (including phenoxy) is 2. The molecule has 1 aliphatic rings. The molecule has 0 radical (unpaired) electrons. The van der Waals surface area contributed by atoms with Crippen LogP contribution in [0.25, 0.3) is 0 Å². The van der Waals surface area contributed by atoms with Gasteiger partial charge < -0.3 is 19.7 Å². The average molecular weight is 278 g/mol. The molecule has 2 rings (SSSR count). The van der Waals surface area contributed by atoms with Crippen LogP contribution in [-0.2, 0) is 9.53 Å². The minimum Gasteiger partial charge on any atom is -0.497 e. The van der Waals surface area contributed by atoms with Gasteiger partial charge in [0, 0.05) is 24.8 Å². The first-order chi connectivity index (χ1) is 9.67. The summed E-state index contributed by atoms with van der Waals surface area (Å²) in [6.45, 7) is 3.94. The number of carbonyl (C=O) groups is 1. The molecule has 0 spiro atoms. The number of amides is 1. The molecule has 1 aromatic carbocycles. The van der Waals surface area contributed by atoms with Crippen molar-refractivity contribution >= 4 is 11.6 Å². The van der Waals surface area contributed by atoms with Crippen LogP contribution in [0, 0.1) is 5.92 Å². The Balaban J connectivity index is 2.11. The Kier molecular flexibility index (Phi) is 4.98. The zero-order valence-corrected chi connectivity index (χ0v) is 12.3. The molecule has 5 heteroatoms. The summed E-state index contributed by atoms with van der Waals surface area (Å²) in [5, 5.41) is 3.31. The molecule has 1 saturated heterocycles. The fourth-order valence-electron chi connectivity index (χ4n) is 2.46. The van der Waals surface area contributed by atoms with Crippen LogP contribution in [0.1, 0.15) is 6.92 Å². The molecule has 1 aromatic rings. The number of carbonyl (C=O) groups excluding carboxylic acids is 1. The second kappa shape index (κ2) is 6.72. The first-order valence-corrected chi connectivity index (χ1v) is 6.90. The quantitative estimate of drug-likeness (QED) is 0.881. The molecule has 2 atom stereocenters. The van der Waals surface area contributed by atoms with Crippen molar-refractivity contribution in [3.8, 4) is 5.75 Å². The highest BCUT2D eigenvalue weighted by atomic mass is 16.5. The van der Waals surface area contributed by atoms with E-state index in [0.717, 1.165) is 18.0 Å². The molecule has 1 fully saturated rings. The van der Waals surface area contributed by atoms with Crippen LogP contribution in [-0.4, -0.2) is 45.9 Å². The van der Waals surface area contributed by atoms with E-state index in [-0.39, 0.29) is 17.9 Å². The van der Waals surface area contributed by atoms with Crippen molar-refractivity contribution in [3.05, 3.63) is 24.3 Å². The number of anilines is 1. The molecule has 110 valence electrons. The van der Waals surface area contributed by atoms with Gasteiger partial charge in [-0.15, -0.1) is 0 Å². The fourth-order valence-corrected chi connectivity index (χ4v) is 2.46. The van der Waals surface area contributed by atoms with Crippen LogP contribution in [0.5, 0.6) is 5.75 Å². The Bertz CT molecular complexity index is 464. The molecule has 0 aliphatic carbocycles. The number of benzene rings is 1. The highest BCUT2D eigenvalue weighted by Crippen LogP contribution is 2.23. The van der Waals surface area contributed by atoms with E-state index >= 15 is 0 Å². The summed E-state index contributed by atoms with van der Waals surface area (Å²) in [4.78, 5) is 14.3. The third kappa shape index (κ3) is 3.11. The summed E-state index contributed by atoms with van der Waals surface area (Å²) in [7, 11) is 3.41. The number of nitrogens with one attached hydrogen (secondary N) is 1. The minimum atomic E-state index is -0.133. The second-order valence-electron chi connectivity index (χ2n) is 4.91. The highest BCUT2D eigenvalue weighted by Gasteiger charge is 2.35. The van der Waals surface area contributed by atoms with E-state index in [0.29, 0.717) is 13.2 Å². The molecule has 0 saturated carbocycles. The molecule has 2 unspecified atom stereocenters. The van der Waals surface area contributed by atoms with Gasteiger partial charge in [-0.2, -0.15) is 0 Å². The largest absolute Gasteiger partial charge is 0.497 e. The van der Waals surface area contributed by atoms with Crippen molar-refractivity contribution in [3.63, 3.8) is 0 Å². The summed E-state index contributed by atoms with van der Waals surface area (Å²) in [5.74, 6) is 0.681. The van der Waals surface area contributed by atoms with Crippen LogP contribution in [0.15, 0.2) is 24.3 Å². The molecule has 5 nitrogen and oxygen atoms in total. The molecule has 20 heavy (non-hydrogen) atoms. The van der Waals surface area contributed by atoms with Crippen molar-refractivity contribution in [2.24, 2.45) is 5.92 Å². The zero-order chi connectivity index (χ0) is 14.5.